The van der Waals surface area contributed by atoms with Crippen molar-refractivity contribution in [3.63, 3.8) is 0 Å². The van der Waals surface area contributed by atoms with E-state index in [1.807, 2.05) is 13.0 Å². The molecule has 1 amide bonds. The molecule has 4 nitrogen and oxygen atoms in total. The minimum Gasteiger partial charge on any atom is -0.450 e. The normalized spacial score (nSPS) is 13.7. The van der Waals surface area contributed by atoms with Crippen molar-refractivity contribution in [1.29, 1.82) is 0 Å². The number of carbonyl (C=O) groups is 1. The van der Waals surface area contributed by atoms with Crippen LogP contribution in [0.5, 0.6) is 0 Å². The molecule has 0 N–H and O–H groups in total. The van der Waals surface area contributed by atoms with Gasteiger partial charge in [-0.15, -0.1) is 11.3 Å². The van der Waals surface area contributed by atoms with Crippen LogP contribution >= 0.6 is 11.3 Å². The van der Waals surface area contributed by atoms with Gasteiger partial charge in [0.1, 0.15) is 0 Å². The zero-order valence-corrected chi connectivity index (χ0v) is 16.5. The van der Waals surface area contributed by atoms with Crippen molar-refractivity contribution in [2.75, 3.05) is 13.2 Å². The Labute approximate surface area is 167 Å². The van der Waals surface area contributed by atoms with E-state index in [9.17, 15) is 4.79 Å². The number of ether oxygens (including phenoxy) is 1. The van der Waals surface area contributed by atoms with Crippen LogP contribution in [0.25, 0.3) is 32.2 Å². The molecule has 2 aromatic heterocycles. The lowest BCUT2D eigenvalue weighted by atomic mass is 9.91. The fourth-order valence-electron chi connectivity index (χ4n) is 4.10. The largest absolute Gasteiger partial charge is 0.450 e. The summed E-state index contributed by atoms with van der Waals surface area (Å²) in [7, 11) is 0. The molecule has 140 valence electrons. The summed E-state index contributed by atoms with van der Waals surface area (Å²) < 4.78 is 5.25. The van der Waals surface area contributed by atoms with Crippen molar-refractivity contribution in [2.24, 2.45) is 0 Å². The number of aromatic nitrogens is 1. The zero-order valence-electron chi connectivity index (χ0n) is 15.6. The second-order valence-electron chi connectivity index (χ2n) is 6.95. The lowest BCUT2D eigenvalue weighted by Crippen LogP contribution is -2.36. The highest BCUT2D eigenvalue weighted by Crippen LogP contribution is 2.38. The average molecular weight is 388 g/mol. The predicted molar refractivity (Wildman–Crippen MR) is 114 cm³/mol. The Hall–Kier alpha value is -2.92. The lowest BCUT2D eigenvalue weighted by Gasteiger charge is -2.30. The van der Waals surface area contributed by atoms with E-state index in [-0.39, 0.29) is 6.09 Å². The van der Waals surface area contributed by atoms with Gasteiger partial charge in [0, 0.05) is 17.5 Å². The number of pyridine rings is 1. The number of rotatable bonds is 2. The van der Waals surface area contributed by atoms with Gasteiger partial charge in [0.15, 0.2) is 0 Å². The van der Waals surface area contributed by atoms with E-state index in [4.69, 9.17) is 9.72 Å². The standard InChI is InChI=1S/C23H20N2O2S/c1-2-27-23(26)25-12-11-17-18(14-25)22(20-8-5-13-28-20)24-19-10-9-15-6-3-4-7-16(15)21(17)19/h3-10,13H,2,11-12,14H2,1H3. The van der Waals surface area contributed by atoms with E-state index >= 15 is 0 Å². The first kappa shape index (κ1) is 17.2. The SMILES string of the molecule is CCOC(=O)N1CCc2c(c(-c3cccs3)nc3ccc4ccccc4c23)C1. The highest BCUT2D eigenvalue weighted by molar-refractivity contribution is 7.13. The molecule has 1 aliphatic rings. The number of fused-ring (bicyclic) bond motifs is 5. The first-order valence-corrected chi connectivity index (χ1v) is 10.4. The van der Waals surface area contributed by atoms with Crippen molar-refractivity contribution in [1.82, 2.24) is 9.88 Å². The number of hydrogen-bond donors (Lipinski definition) is 0. The van der Waals surface area contributed by atoms with Crippen LogP contribution in [0.2, 0.25) is 0 Å². The number of thiophene rings is 1. The van der Waals surface area contributed by atoms with Crippen LogP contribution in [0, 0.1) is 0 Å². The summed E-state index contributed by atoms with van der Waals surface area (Å²) in [6.45, 7) is 3.43. The van der Waals surface area contributed by atoms with E-state index < -0.39 is 0 Å². The van der Waals surface area contributed by atoms with Gasteiger partial charge >= 0.3 is 6.09 Å². The molecular weight excluding hydrogens is 368 g/mol. The average Bonchev–Trinajstić information content (AvgIpc) is 3.27. The first-order valence-electron chi connectivity index (χ1n) is 9.55. The summed E-state index contributed by atoms with van der Waals surface area (Å²) in [5.74, 6) is 0. The van der Waals surface area contributed by atoms with Crippen LogP contribution in [0.15, 0.2) is 53.9 Å². The van der Waals surface area contributed by atoms with Crippen LogP contribution in [0.1, 0.15) is 18.1 Å². The molecule has 1 aliphatic heterocycles. The number of benzene rings is 2. The highest BCUT2D eigenvalue weighted by atomic mass is 32.1. The lowest BCUT2D eigenvalue weighted by molar-refractivity contribution is 0.103. The molecule has 2 aromatic carbocycles. The van der Waals surface area contributed by atoms with Crippen molar-refractivity contribution in [3.05, 3.63) is 65.0 Å². The monoisotopic (exact) mass is 388 g/mol. The Morgan fingerprint density at radius 1 is 1.14 bits per heavy atom. The van der Waals surface area contributed by atoms with Gasteiger partial charge in [-0.25, -0.2) is 9.78 Å². The Balaban J connectivity index is 1.77. The van der Waals surface area contributed by atoms with E-state index in [1.54, 1.807) is 16.2 Å². The Morgan fingerprint density at radius 3 is 2.86 bits per heavy atom. The van der Waals surface area contributed by atoms with E-state index in [1.165, 1.54) is 21.7 Å². The second kappa shape index (κ2) is 6.91. The quantitative estimate of drug-likeness (QED) is 0.418. The summed E-state index contributed by atoms with van der Waals surface area (Å²) in [6.07, 6.45) is 0.558. The highest BCUT2D eigenvalue weighted by Gasteiger charge is 2.27. The topological polar surface area (TPSA) is 42.4 Å². The molecule has 0 saturated heterocycles. The third kappa shape index (κ3) is 2.74. The molecule has 0 radical (unpaired) electrons. The molecule has 0 saturated carbocycles. The van der Waals surface area contributed by atoms with E-state index in [0.717, 1.165) is 28.1 Å². The van der Waals surface area contributed by atoms with Gasteiger partial charge in [0.05, 0.1) is 29.2 Å². The Morgan fingerprint density at radius 2 is 2.04 bits per heavy atom. The third-order valence-electron chi connectivity index (χ3n) is 5.35. The van der Waals surface area contributed by atoms with Crippen LogP contribution in [0.3, 0.4) is 0 Å². The number of nitrogens with zero attached hydrogens (tertiary/aromatic N) is 2. The Bertz CT molecular complexity index is 1180. The van der Waals surface area contributed by atoms with Gasteiger partial charge < -0.3 is 9.64 Å². The first-order chi connectivity index (χ1) is 13.8. The fourth-order valence-corrected chi connectivity index (χ4v) is 4.84. The molecule has 5 heteroatoms. The van der Waals surface area contributed by atoms with Gasteiger partial charge in [0.2, 0.25) is 0 Å². The van der Waals surface area contributed by atoms with Crippen LogP contribution in [0.4, 0.5) is 4.79 Å². The van der Waals surface area contributed by atoms with Gasteiger partial charge in [-0.05, 0) is 47.2 Å². The predicted octanol–water partition coefficient (Wildman–Crippen LogP) is 5.63. The van der Waals surface area contributed by atoms with Crippen LogP contribution in [-0.2, 0) is 17.7 Å². The van der Waals surface area contributed by atoms with E-state index in [0.29, 0.717) is 19.7 Å². The molecule has 28 heavy (non-hydrogen) atoms. The van der Waals surface area contributed by atoms with Crippen molar-refractivity contribution in [2.45, 2.75) is 19.9 Å². The molecular formula is C23H20N2O2S. The number of carbonyl (C=O) groups excluding carboxylic acids is 1. The Kier molecular flexibility index (Phi) is 4.24. The number of amides is 1. The molecule has 3 heterocycles. The molecule has 0 atom stereocenters. The van der Waals surface area contributed by atoms with Crippen molar-refractivity contribution < 1.29 is 9.53 Å². The van der Waals surface area contributed by atoms with Crippen molar-refractivity contribution >= 4 is 39.1 Å². The van der Waals surface area contributed by atoms with Crippen LogP contribution in [-0.4, -0.2) is 29.1 Å². The van der Waals surface area contributed by atoms with Gasteiger partial charge in [0.25, 0.3) is 0 Å². The van der Waals surface area contributed by atoms with Gasteiger partial charge in [-0.3, -0.25) is 0 Å². The third-order valence-corrected chi connectivity index (χ3v) is 6.23. The summed E-state index contributed by atoms with van der Waals surface area (Å²) in [5.41, 5.74) is 4.46. The summed E-state index contributed by atoms with van der Waals surface area (Å²) in [5, 5.41) is 5.73. The summed E-state index contributed by atoms with van der Waals surface area (Å²) >= 11 is 1.68. The molecule has 4 aromatic rings. The molecule has 0 spiro atoms. The molecule has 0 aliphatic carbocycles. The maximum atomic E-state index is 12.4. The molecule has 0 bridgehead atoms. The fraction of sp³-hybridized carbons (Fsp3) is 0.217. The van der Waals surface area contributed by atoms with E-state index in [2.05, 4.69) is 47.8 Å². The summed E-state index contributed by atoms with van der Waals surface area (Å²) in [4.78, 5) is 20.3. The minimum absolute atomic E-state index is 0.247. The van der Waals surface area contributed by atoms with Crippen molar-refractivity contribution in [3.8, 4) is 10.6 Å². The smallest absolute Gasteiger partial charge is 0.410 e. The summed E-state index contributed by atoms with van der Waals surface area (Å²) in [6, 6.07) is 16.9. The molecule has 5 rings (SSSR count). The van der Waals surface area contributed by atoms with Crippen LogP contribution < -0.4 is 0 Å². The number of hydrogen-bond acceptors (Lipinski definition) is 4. The van der Waals surface area contributed by atoms with Gasteiger partial charge in [-0.2, -0.15) is 0 Å². The van der Waals surface area contributed by atoms with Gasteiger partial charge in [-0.1, -0.05) is 36.4 Å². The molecule has 0 unspecified atom stereocenters. The maximum absolute atomic E-state index is 12.4. The second-order valence-corrected chi connectivity index (χ2v) is 7.89. The minimum atomic E-state index is -0.247. The zero-order chi connectivity index (χ0) is 19.1. The maximum Gasteiger partial charge on any atom is 0.410 e. The molecule has 0 fully saturated rings.